The van der Waals surface area contributed by atoms with E-state index in [0.717, 1.165) is 0 Å². The molecule has 5 N–H and O–H groups in total. The monoisotopic (exact) mass is 415 g/mol. The molecular weight excluding hydrogens is 366 g/mol. The highest BCUT2D eigenvalue weighted by atomic mass is 17.1. The van der Waals surface area contributed by atoms with Crippen LogP contribution in [0.1, 0.15) is 84.1 Å². The lowest BCUT2D eigenvalue weighted by Gasteiger charge is -2.21. The van der Waals surface area contributed by atoms with Crippen molar-refractivity contribution >= 4 is 17.8 Å². The minimum absolute atomic E-state index is 0. The second kappa shape index (κ2) is 23.4. The molecule has 0 aliphatic carbocycles. The van der Waals surface area contributed by atoms with E-state index in [1.807, 2.05) is 0 Å². The number of rotatable bonds is 12. The SMILES string of the molecule is C.C.C.C.C.C.CC(CCC(CCC(C(=O)O)C(C)COO)C(=O)O)C(N)=O. The second-order valence-electron chi connectivity index (χ2n) is 5.71. The summed E-state index contributed by atoms with van der Waals surface area (Å²) in [6.07, 6.45) is 0.936. The van der Waals surface area contributed by atoms with Crippen LogP contribution in [0.5, 0.6) is 0 Å². The second-order valence-corrected chi connectivity index (χ2v) is 5.71. The molecular formula is C20H49NO7. The fraction of sp³-hybridized carbons (Fsp3) is 0.850. The average molecular weight is 416 g/mol. The third kappa shape index (κ3) is 17.7. The van der Waals surface area contributed by atoms with Crippen molar-refractivity contribution in [3.8, 4) is 0 Å². The van der Waals surface area contributed by atoms with Crippen LogP contribution in [0.2, 0.25) is 0 Å². The Morgan fingerprint density at radius 1 is 0.821 bits per heavy atom. The first-order chi connectivity index (χ1) is 10.2. The largest absolute Gasteiger partial charge is 0.481 e. The first-order valence-corrected chi connectivity index (χ1v) is 7.21. The fourth-order valence-corrected chi connectivity index (χ4v) is 2.25. The van der Waals surface area contributed by atoms with Gasteiger partial charge in [0.1, 0.15) is 0 Å². The summed E-state index contributed by atoms with van der Waals surface area (Å²) in [6.45, 7) is 3.11. The topological polar surface area (TPSA) is 147 Å². The Hall–Kier alpha value is -1.67. The molecule has 0 aliphatic heterocycles. The smallest absolute Gasteiger partial charge is 0.306 e. The number of hydrogen-bond donors (Lipinski definition) is 4. The molecule has 0 aromatic heterocycles. The van der Waals surface area contributed by atoms with E-state index >= 15 is 0 Å². The average Bonchev–Trinajstić information content (AvgIpc) is 2.41. The summed E-state index contributed by atoms with van der Waals surface area (Å²) in [6, 6.07) is 0. The standard InChI is InChI=1S/C14H25NO7.6CH4/c1-8(12(15)16)3-4-10(13(17)18)5-6-11(14(19)20)9(2)7-22-21;;;;;;/h8-11,21H,3-7H2,1-2H3,(H2,15,16)(H,17,18)(H,19,20);6*1H4. The molecule has 0 aliphatic rings. The molecule has 0 radical (unpaired) electrons. The summed E-state index contributed by atoms with van der Waals surface area (Å²) in [7, 11) is 0. The number of carbonyl (C=O) groups excluding carboxylic acids is 1. The van der Waals surface area contributed by atoms with Crippen molar-refractivity contribution in [1.82, 2.24) is 0 Å². The molecule has 0 aromatic carbocycles. The molecule has 0 saturated heterocycles. The summed E-state index contributed by atoms with van der Waals surface area (Å²) in [4.78, 5) is 37.4. The van der Waals surface area contributed by atoms with Gasteiger partial charge in [-0.2, -0.15) is 0 Å². The third-order valence-corrected chi connectivity index (χ3v) is 3.95. The maximum absolute atomic E-state index is 11.2. The Morgan fingerprint density at radius 3 is 1.57 bits per heavy atom. The molecule has 28 heavy (non-hydrogen) atoms. The van der Waals surface area contributed by atoms with Gasteiger partial charge >= 0.3 is 11.9 Å². The van der Waals surface area contributed by atoms with Crippen molar-refractivity contribution in [2.45, 2.75) is 84.1 Å². The van der Waals surface area contributed by atoms with E-state index in [0.29, 0.717) is 6.42 Å². The zero-order valence-corrected chi connectivity index (χ0v) is 12.9. The van der Waals surface area contributed by atoms with Gasteiger partial charge < -0.3 is 15.9 Å². The highest BCUT2D eigenvalue weighted by Gasteiger charge is 2.28. The quantitative estimate of drug-likeness (QED) is 0.258. The van der Waals surface area contributed by atoms with Gasteiger partial charge in [-0.05, 0) is 31.6 Å². The zero-order chi connectivity index (χ0) is 17.3. The molecule has 0 bridgehead atoms. The summed E-state index contributed by atoms with van der Waals surface area (Å²) < 4.78 is 0. The fourth-order valence-electron chi connectivity index (χ4n) is 2.25. The van der Waals surface area contributed by atoms with E-state index in [1.165, 1.54) is 0 Å². The number of aliphatic carboxylic acids is 2. The minimum Gasteiger partial charge on any atom is -0.481 e. The van der Waals surface area contributed by atoms with Crippen molar-refractivity contribution in [2.75, 3.05) is 6.61 Å². The Bertz CT molecular complexity index is 389. The Balaban J connectivity index is -0.000000147. The predicted octanol–water partition coefficient (Wildman–Crippen LogP) is 5.01. The Labute approximate surface area is 173 Å². The van der Waals surface area contributed by atoms with Crippen molar-refractivity contribution in [3.63, 3.8) is 0 Å². The molecule has 0 aromatic rings. The highest BCUT2D eigenvalue weighted by molar-refractivity contribution is 5.76. The van der Waals surface area contributed by atoms with Gasteiger partial charge in [-0.3, -0.25) is 19.6 Å². The van der Waals surface area contributed by atoms with E-state index in [-0.39, 0.29) is 70.4 Å². The molecule has 8 nitrogen and oxygen atoms in total. The van der Waals surface area contributed by atoms with Gasteiger partial charge in [0.15, 0.2) is 0 Å². The molecule has 4 atom stereocenters. The van der Waals surface area contributed by atoms with Gasteiger partial charge in [-0.25, -0.2) is 4.89 Å². The molecule has 0 fully saturated rings. The summed E-state index contributed by atoms with van der Waals surface area (Å²) in [5.74, 6) is -4.96. The van der Waals surface area contributed by atoms with Gasteiger partial charge in [0, 0.05) is 5.92 Å². The molecule has 0 heterocycles. The number of carboxylic acids is 2. The van der Waals surface area contributed by atoms with Gasteiger partial charge in [-0.15, -0.1) is 0 Å². The van der Waals surface area contributed by atoms with E-state index < -0.39 is 41.5 Å². The highest BCUT2D eigenvalue weighted by Crippen LogP contribution is 2.24. The number of carbonyl (C=O) groups is 3. The van der Waals surface area contributed by atoms with E-state index in [4.69, 9.17) is 16.1 Å². The van der Waals surface area contributed by atoms with E-state index in [2.05, 4.69) is 4.89 Å². The van der Waals surface area contributed by atoms with Crippen LogP contribution in [0.25, 0.3) is 0 Å². The normalized spacial score (nSPS) is 13.0. The first-order valence-electron chi connectivity index (χ1n) is 7.21. The maximum Gasteiger partial charge on any atom is 0.306 e. The molecule has 0 spiro atoms. The van der Waals surface area contributed by atoms with Gasteiger partial charge in [0.05, 0.1) is 18.4 Å². The van der Waals surface area contributed by atoms with Crippen LogP contribution in [-0.2, 0) is 19.3 Å². The van der Waals surface area contributed by atoms with Crippen LogP contribution in [0.15, 0.2) is 0 Å². The van der Waals surface area contributed by atoms with Crippen LogP contribution < -0.4 is 5.73 Å². The Kier molecular flexibility index (Phi) is 37.7. The number of primary amides is 1. The molecule has 0 rings (SSSR count). The summed E-state index contributed by atoms with van der Waals surface area (Å²) in [5, 5.41) is 26.8. The third-order valence-electron chi connectivity index (χ3n) is 3.95. The van der Waals surface area contributed by atoms with Crippen molar-refractivity contribution in [1.29, 1.82) is 0 Å². The lowest BCUT2D eigenvalue weighted by Crippen LogP contribution is -2.27. The number of carboxylic acid groups (broad SMARTS) is 2. The lowest BCUT2D eigenvalue weighted by molar-refractivity contribution is -0.253. The van der Waals surface area contributed by atoms with Crippen molar-refractivity contribution < 1.29 is 34.7 Å². The van der Waals surface area contributed by atoms with Gasteiger partial charge in [0.2, 0.25) is 5.91 Å². The first kappa shape index (κ1) is 45.2. The predicted molar refractivity (Wildman–Crippen MR) is 117 cm³/mol. The molecule has 0 saturated carbocycles. The molecule has 1 amide bonds. The van der Waals surface area contributed by atoms with Crippen molar-refractivity contribution in [2.24, 2.45) is 29.4 Å². The van der Waals surface area contributed by atoms with Gasteiger partial charge in [-0.1, -0.05) is 58.4 Å². The van der Waals surface area contributed by atoms with Crippen LogP contribution in [0, 0.1) is 23.7 Å². The summed E-state index contributed by atoms with van der Waals surface area (Å²) in [5.41, 5.74) is 5.13. The van der Waals surface area contributed by atoms with E-state index in [1.54, 1.807) is 13.8 Å². The zero-order valence-electron chi connectivity index (χ0n) is 12.9. The molecule has 8 heteroatoms. The van der Waals surface area contributed by atoms with Crippen LogP contribution in [-0.4, -0.2) is 39.9 Å². The molecule has 4 unspecified atom stereocenters. The number of hydrogen-bond acceptors (Lipinski definition) is 5. The number of nitrogens with two attached hydrogens (primary N) is 1. The van der Waals surface area contributed by atoms with Gasteiger partial charge in [0.25, 0.3) is 0 Å². The lowest BCUT2D eigenvalue weighted by atomic mass is 9.85. The Morgan fingerprint density at radius 2 is 1.25 bits per heavy atom. The van der Waals surface area contributed by atoms with Crippen molar-refractivity contribution in [3.05, 3.63) is 0 Å². The van der Waals surface area contributed by atoms with Crippen LogP contribution in [0.4, 0.5) is 0 Å². The molecule has 176 valence electrons. The van der Waals surface area contributed by atoms with E-state index in [9.17, 15) is 19.5 Å². The van der Waals surface area contributed by atoms with Crippen LogP contribution >= 0.6 is 0 Å². The summed E-state index contributed by atoms with van der Waals surface area (Å²) >= 11 is 0. The number of amides is 1. The minimum atomic E-state index is -1.06. The van der Waals surface area contributed by atoms with Crippen LogP contribution in [0.3, 0.4) is 0 Å². The maximum atomic E-state index is 11.2.